The lowest BCUT2D eigenvalue weighted by molar-refractivity contribution is -0.142. The van der Waals surface area contributed by atoms with E-state index >= 15 is 0 Å². The zero-order valence-electron chi connectivity index (χ0n) is 16.4. The first-order chi connectivity index (χ1) is 14.0. The Hall–Kier alpha value is -3.41. The van der Waals surface area contributed by atoms with Crippen LogP contribution >= 0.6 is 0 Å². The van der Waals surface area contributed by atoms with Crippen LogP contribution < -0.4 is 10.1 Å². The van der Waals surface area contributed by atoms with E-state index in [1.807, 2.05) is 42.5 Å². The highest BCUT2D eigenvalue weighted by molar-refractivity contribution is 5.90. The van der Waals surface area contributed by atoms with E-state index in [1.165, 1.54) is 24.1 Å². The number of rotatable bonds is 7. The molecule has 2 amide bonds. The summed E-state index contributed by atoms with van der Waals surface area (Å²) in [6.07, 6.45) is 0. The summed E-state index contributed by atoms with van der Waals surface area (Å²) >= 11 is 0. The van der Waals surface area contributed by atoms with E-state index in [-0.39, 0.29) is 30.8 Å². The van der Waals surface area contributed by atoms with Gasteiger partial charge in [-0.3, -0.25) is 9.59 Å². The Morgan fingerprint density at radius 2 is 1.72 bits per heavy atom. The van der Waals surface area contributed by atoms with Gasteiger partial charge in [-0.2, -0.15) is 0 Å². The lowest BCUT2D eigenvalue weighted by atomic mass is 10.1. The zero-order valence-corrected chi connectivity index (χ0v) is 16.4. The van der Waals surface area contributed by atoms with Crippen LogP contribution in [0.3, 0.4) is 0 Å². The minimum Gasteiger partial charge on any atom is -0.483 e. The minimum absolute atomic E-state index is 0.173. The molecule has 0 saturated carbocycles. The van der Waals surface area contributed by atoms with Crippen LogP contribution in [0.25, 0.3) is 10.8 Å². The average molecular weight is 394 g/mol. The number of carbonyl (C=O) groups is 2. The second-order valence-corrected chi connectivity index (χ2v) is 6.70. The van der Waals surface area contributed by atoms with Crippen LogP contribution in [0, 0.1) is 5.82 Å². The SMILES string of the molecule is CNC(=O)[C@@H](C)N(Cc1ccc(F)cc1)C(=O)COc1cccc2ccccc12. The molecule has 29 heavy (non-hydrogen) atoms. The zero-order chi connectivity index (χ0) is 20.8. The molecular weight excluding hydrogens is 371 g/mol. The third-order valence-corrected chi connectivity index (χ3v) is 4.78. The number of halogens is 1. The van der Waals surface area contributed by atoms with Gasteiger partial charge in [0.05, 0.1) is 0 Å². The Labute approximate surface area is 169 Å². The number of hydrogen-bond acceptors (Lipinski definition) is 3. The summed E-state index contributed by atoms with van der Waals surface area (Å²) in [5.41, 5.74) is 0.723. The Morgan fingerprint density at radius 1 is 1.03 bits per heavy atom. The van der Waals surface area contributed by atoms with Gasteiger partial charge in [0.2, 0.25) is 5.91 Å². The van der Waals surface area contributed by atoms with Crippen LogP contribution in [0.5, 0.6) is 5.75 Å². The van der Waals surface area contributed by atoms with Gasteiger partial charge in [-0.25, -0.2) is 4.39 Å². The van der Waals surface area contributed by atoms with Gasteiger partial charge in [0.1, 0.15) is 17.6 Å². The van der Waals surface area contributed by atoms with E-state index in [1.54, 1.807) is 19.1 Å². The molecule has 0 aromatic heterocycles. The molecule has 0 radical (unpaired) electrons. The molecule has 0 saturated heterocycles. The summed E-state index contributed by atoms with van der Waals surface area (Å²) in [4.78, 5) is 26.5. The number of nitrogens with zero attached hydrogens (tertiary/aromatic N) is 1. The molecule has 0 unspecified atom stereocenters. The van der Waals surface area contributed by atoms with Crippen molar-refractivity contribution < 1.29 is 18.7 Å². The third-order valence-electron chi connectivity index (χ3n) is 4.78. The second-order valence-electron chi connectivity index (χ2n) is 6.70. The number of nitrogens with one attached hydrogen (secondary N) is 1. The molecule has 0 spiro atoms. The predicted octanol–water partition coefficient (Wildman–Crippen LogP) is 3.52. The number of carbonyl (C=O) groups excluding carboxylic acids is 2. The Balaban J connectivity index is 1.78. The monoisotopic (exact) mass is 394 g/mol. The molecule has 6 heteroatoms. The minimum atomic E-state index is -0.700. The molecule has 1 N–H and O–H groups in total. The number of benzene rings is 3. The molecule has 5 nitrogen and oxygen atoms in total. The van der Waals surface area contributed by atoms with Crippen molar-refractivity contribution in [2.24, 2.45) is 0 Å². The van der Waals surface area contributed by atoms with Crippen LogP contribution in [0.4, 0.5) is 4.39 Å². The summed E-state index contributed by atoms with van der Waals surface area (Å²) in [6.45, 7) is 1.61. The van der Waals surface area contributed by atoms with E-state index in [9.17, 15) is 14.0 Å². The molecule has 3 aromatic carbocycles. The van der Waals surface area contributed by atoms with Gasteiger partial charge in [-0.05, 0) is 36.1 Å². The topological polar surface area (TPSA) is 58.6 Å². The molecule has 3 rings (SSSR count). The summed E-state index contributed by atoms with van der Waals surface area (Å²) in [5.74, 6) is -0.375. The van der Waals surface area contributed by atoms with E-state index in [0.29, 0.717) is 5.75 Å². The first kappa shape index (κ1) is 20.3. The molecule has 0 aliphatic carbocycles. The maximum Gasteiger partial charge on any atom is 0.261 e. The Bertz CT molecular complexity index is 999. The van der Waals surface area contributed by atoms with Gasteiger partial charge in [0.15, 0.2) is 6.61 Å². The number of amides is 2. The van der Waals surface area contributed by atoms with Crippen LogP contribution in [-0.2, 0) is 16.1 Å². The number of hydrogen-bond donors (Lipinski definition) is 1. The van der Waals surface area contributed by atoms with E-state index in [0.717, 1.165) is 16.3 Å². The first-order valence-electron chi connectivity index (χ1n) is 9.35. The predicted molar refractivity (Wildman–Crippen MR) is 110 cm³/mol. The van der Waals surface area contributed by atoms with Gasteiger partial charge in [0.25, 0.3) is 5.91 Å². The van der Waals surface area contributed by atoms with Crippen LogP contribution in [0.2, 0.25) is 0 Å². The van der Waals surface area contributed by atoms with Crippen molar-refractivity contribution >= 4 is 22.6 Å². The summed E-state index contributed by atoms with van der Waals surface area (Å²) in [5, 5.41) is 4.48. The van der Waals surface area contributed by atoms with Gasteiger partial charge in [-0.15, -0.1) is 0 Å². The van der Waals surface area contributed by atoms with E-state index in [4.69, 9.17) is 4.74 Å². The number of fused-ring (bicyclic) bond motifs is 1. The van der Waals surface area contributed by atoms with Gasteiger partial charge < -0.3 is 15.0 Å². The molecule has 0 heterocycles. The van der Waals surface area contributed by atoms with Crippen molar-refractivity contribution in [3.63, 3.8) is 0 Å². The summed E-state index contributed by atoms with van der Waals surface area (Å²) in [7, 11) is 1.52. The van der Waals surface area contributed by atoms with E-state index < -0.39 is 6.04 Å². The Morgan fingerprint density at radius 3 is 2.45 bits per heavy atom. The molecule has 1 atom stereocenters. The van der Waals surface area contributed by atoms with Crippen molar-refractivity contribution in [1.29, 1.82) is 0 Å². The third kappa shape index (κ3) is 4.90. The smallest absolute Gasteiger partial charge is 0.261 e. The second kappa shape index (κ2) is 9.19. The molecular formula is C23H23FN2O3. The fraction of sp³-hybridized carbons (Fsp3) is 0.217. The maximum atomic E-state index is 13.2. The summed E-state index contributed by atoms with van der Waals surface area (Å²) < 4.78 is 19.0. The molecule has 0 aliphatic heterocycles. The fourth-order valence-corrected chi connectivity index (χ4v) is 3.12. The highest BCUT2D eigenvalue weighted by atomic mass is 19.1. The molecule has 3 aromatic rings. The van der Waals surface area contributed by atoms with Crippen LogP contribution in [0.15, 0.2) is 66.7 Å². The van der Waals surface area contributed by atoms with Crippen LogP contribution in [0.1, 0.15) is 12.5 Å². The quantitative estimate of drug-likeness (QED) is 0.667. The fourth-order valence-electron chi connectivity index (χ4n) is 3.12. The maximum absolute atomic E-state index is 13.2. The highest BCUT2D eigenvalue weighted by Crippen LogP contribution is 2.25. The molecule has 150 valence electrons. The highest BCUT2D eigenvalue weighted by Gasteiger charge is 2.26. The average Bonchev–Trinajstić information content (AvgIpc) is 2.76. The standard InChI is InChI=1S/C23H23FN2O3/c1-16(23(28)25-2)26(14-17-10-12-19(24)13-11-17)22(27)15-29-21-9-5-7-18-6-3-4-8-20(18)21/h3-13,16H,14-15H2,1-2H3,(H,25,28)/t16-/m1/s1. The van der Waals surface area contributed by atoms with Crippen molar-refractivity contribution in [3.8, 4) is 5.75 Å². The van der Waals surface area contributed by atoms with Gasteiger partial charge >= 0.3 is 0 Å². The van der Waals surface area contributed by atoms with Crippen molar-refractivity contribution in [2.45, 2.75) is 19.5 Å². The van der Waals surface area contributed by atoms with Crippen LogP contribution in [-0.4, -0.2) is 36.4 Å². The van der Waals surface area contributed by atoms with Crippen molar-refractivity contribution in [2.75, 3.05) is 13.7 Å². The van der Waals surface area contributed by atoms with Gasteiger partial charge in [-0.1, -0.05) is 48.5 Å². The Kier molecular flexibility index (Phi) is 6.44. The molecule has 0 bridgehead atoms. The van der Waals surface area contributed by atoms with E-state index in [2.05, 4.69) is 5.32 Å². The first-order valence-corrected chi connectivity index (χ1v) is 9.35. The van der Waals surface area contributed by atoms with Crippen molar-refractivity contribution in [3.05, 3.63) is 78.1 Å². The number of likely N-dealkylation sites (N-methyl/N-ethyl adjacent to an activating group) is 1. The normalized spacial score (nSPS) is 11.7. The van der Waals surface area contributed by atoms with Gasteiger partial charge in [0, 0.05) is 19.0 Å². The lowest BCUT2D eigenvalue weighted by Crippen LogP contribution is -2.48. The summed E-state index contributed by atoms with van der Waals surface area (Å²) in [6, 6.07) is 18.5. The molecule has 0 aliphatic rings. The number of ether oxygens (including phenoxy) is 1. The lowest BCUT2D eigenvalue weighted by Gasteiger charge is -2.28. The largest absolute Gasteiger partial charge is 0.483 e. The molecule has 0 fully saturated rings. The van der Waals surface area contributed by atoms with Crippen molar-refractivity contribution in [1.82, 2.24) is 10.2 Å².